The van der Waals surface area contributed by atoms with Crippen LogP contribution in [0.2, 0.25) is 0 Å². The highest BCUT2D eigenvalue weighted by Gasteiger charge is 2.01. The Morgan fingerprint density at radius 3 is 3.00 bits per heavy atom. The smallest absolute Gasteiger partial charge is 0.189 e. The molecule has 0 unspecified atom stereocenters. The molecular formula is C11H15N5OS. The number of rotatable bonds is 7. The molecule has 0 aliphatic heterocycles. The molecule has 0 saturated heterocycles. The van der Waals surface area contributed by atoms with Gasteiger partial charge in [-0.2, -0.15) is 5.10 Å². The quantitative estimate of drug-likeness (QED) is 0.730. The minimum atomic E-state index is 0.715. The molecule has 2 heterocycles. The molecule has 2 aromatic rings. The molecule has 0 radical (unpaired) electrons. The third-order valence-electron chi connectivity index (χ3n) is 2.20. The Labute approximate surface area is 110 Å². The zero-order chi connectivity index (χ0) is 12.6. The third kappa shape index (κ3) is 4.10. The number of methoxy groups -OCH3 is 1. The van der Waals surface area contributed by atoms with Crippen LogP contribution in [-0.2, 0) is 11.3 Å². The summed E-state index contributed by atoms with van der Waals surface area (Å²) in [5.41, 5.74) is 1.15. The highest BCUT2D eigenvalue weighted by molar-refractivity contribution is 7.99. The van der Waals surface area contributed by atoms with E-state index in [0.29, 0.717) is 6.61 Å². The van der Waals surface area contributed by atoms with Crippen molar-refractivity contribution in [2.45, 2.75) is 16.7 Å². The number of hydrogen-bond donors (Lipinski definition) is 2. The van der Waals surface area contributed by atoms with Crippen molar-refractivity contribution in [2.24, 2.45) is 0 Å². The molecule has 0 aliphatic rings. The lowest BCUT2D eigenvalue weighted by Gasteiger charge is -2.04. The maximum atomic E-state index is 4.96. The van der Waals surface area contributed by atoms with Gasteiger partial charge >= 0.3 is 0 Å². The first-order valence-corrected chi connectivity index (χ1v) is 6.38. The van der Waals surface area contributed by atoms with E-state index in [0.717, 1.165) is 28.8 Å². The van der Waals surface area contributed by atoms with Gasteiger partial charge in [0.15, 0.2) is 5.16 Å². The van der Waals surface area contributed by atoms with Crippen molar-refractivity contribution in [1.82, 2.24) is 25.5 Å². The number of H-pyrrole nitrogens is 1. The molecule has 2 rings (SSSR count). The molecule has 6 nitrogen and oxygen atoms in total. The van der Waals surface area contributed by atoms with E-state index in [2.05, 4.69) is 25.5 Å². The average molecular weight is 265 g/mol. The van der Waals surface area contributed by atoms with Gasteiger partial charge in [0, 0.05) is 26.4 Å². The summed E-state index contributed by atoms with van der Waals surface area (Å²) in [6.45, 7) is 2.35. The number of pyridine rings is 1. The largest absolute Gasteiger partial charge is 0.383 e. The van der Waals surface area contributed by atoms with E-state index in [1.807, 2.05) is 18.3 Å². The third-order valence-corrected chi connectivity index (χ3v) is 3.04. The van der Waals surface area contributed by atoms with E-state index >= 15 is 0 Å². The van der Waals surface area contributed by atoms with Crippen LogP contribution in [0.1, 0.15) is 5.56 Å². The summed E-state index contributed by atoms with van der Waals surface area (Å²) in [5, 5.41) is 11.5. The molecule has 0 atom stereocenters. The van der Waals surface area contributed by atoms with Crippen molar-refractivity contribution >= 4 is 11.8 Å². The number of nitrogens with zero attached hydrogens (tertiary/aromatic N) is 3. The molecule has 0 bridgehead atoms. The highest BCUT2D eigenvalue weighted by Crippen LogP contribution is 2.21. The van der Waals surface area contributed by atoms with Crippen molar-refractivity contribution in [3.63, 3.8) is 0 Å². The summed E-state index contributed by atoms with van der Waals surface area (Å²) in [5.74, 6) is 0. The predicted molar refractivity (Wildman–Crippen MR) is 68.3 cm³/mol. The SMILES string of the molecule is COCCNCc1ccc(Sc2ncn[nH]2)nc1. The van der Waals surface area contributed by atoms with Crippen molar-refractivity contribution < 1.29 is 4.74 Å². The van der Waals surface area contributed by atoms with Gasteiger partial charge in [-0.3, -0.25) is 5.10 Å². The van der Waals surface area contributed by atoms with E-state index in [-0.39, 0.29) is 0 Å². The molecule has 0 aromatic carbocycles. The van der Waals surface area contributed by atoms with Crippen LogP contribution in [0.3, 0.4) is 0 Å². The average Bonchev–Trinajstić information content (AvgIpc) is 2.89. The lowest BCUT2D eigenvalue weighted by molar-refractivity contribution is 0.199. The first-order chi connectivity index (χ1) is 8.88. The van der Waals surface area contributed by atoms with Gasteiger partial charge in [-0.25, -0.2) is 9.97 Å². The van der Waals surface area contributed by atoms with Crippen LogP contribution in [0.4, 0.5) is 0 Å². The fraction of sp³-hybridized carbons (Fsp3) is 0.364. The van der Waals surface area contributed by atoms with Crippen LogP contribution < -0.4 is 5.32 Å². The summed E-state index contributed by atoms with van der Waals surface area (Å²) < 4.78 is 4.96. The zero-order valence-corrected chi connectivity index (χ0v) is 10.9. The van der Waals surface area contributed by atoms with Gasteiger partial charge in [0.1, 0.15) is 11.4 Å². The summed E-state index contributed by atoms with van der Waals surface area (Å²) in [7, 11) is 1.69. The second-order valence-electron chi connectivity index (χ2n) is 3.57. The minimum absolute atomic E-state index is 0.715. The van der Waals surface area contributed by atoms with Gasteiger partial charge in [0.05, 0.1) is 6.61 Å². The summed E-state index contributed by atoms with van der Waals surface area (Å²) >= 11 is 1.45. The van der Waals surface area contributed by atoms with Gasteiger partial charge in [-0.1, -0.05) is 6.07 Å². The number of aromatic nitrogens is 4. The van der Waals surface area contributed by atoms with E-state index < -0.39 is 0 Å². The Bertz CT molecular complexity index is 445. The molecule has 7 heteroatoms. The standard InChI is InChI=1S/C11H15N5OS/c1-17-5-4-12-6-9-2-3-10(13-7-9)18-11-14-8-15-16-11/h2-3,7-8,12H,4-6H2,1H3,(H,14,15,16). The normalized spacial score (nSPS) is 10.7. The van der Waals surface area contributed by atoms with Crippen molar-refractivity contribution in [1.29, 1.82) is 0 Å². The van der Waals surface area contributed by atoms with Crippen LogP contribution in [0.15, 0.2) is 34.8 Å². The molecule has 2 aromatic heterocycles. The Hall–Kier alpha value is -1.44. The van der Waals surface area contributed by atoms with Crippen molar-refractivity contribution in [2.75, 3.05) is 20.3 Å². The molecule has 18 heavy (non-hydrogen) atoms. The van der Waals surface area contributed by atoms with Gasteiger partial charge < -0.3 is 10.1 Å². The lowest BCUT2D eigenvalue weighted by atomic mass is 10.3. The Balaban J connectivity index is 1.82. The van der Waals surface area contributed by atoms with E-state index in [1.165, 1.54) is 18.1 Å². The number of ether oxygens (including phenoxy) is 1. The molecule has 0 aliphatic carbocycles. The maximum absolute atomic E-state index is 4.96. The Kier molecular flexibility index (Phi) is 5.13. The molecule has 0 saturated carbocycles. The number of nitrogens with one attached hydrogen (secondary N) is 2. The van der Waals surface area contributed by atoms with E-state index in [1.54, 1.807) is 7.11 Å². The van der Waals surface area contributed by atoms with E-state index in [9.17, 15) is 0 Å². The second kappa shape index (κ2) is 7.10. The highest BCUT2D eigenvalue weighted by atomic mass is 32.2. The lowest BCUT2D eigenvalue weighted by Crippen LogP contribution is -2.18. The molecular weight excluding hydrogens is 250 g/mol. The summed E-state index contributed by atoms with van der Waals surface area (Å²) in [4.78, 5) is 8.39. The van der Waals surface area contributed by atoms with Crippen LogP contribution in [0.5, 0.6) is 0 Å². The van der Waals surface area contributed by atoms with Crippen LogP contribution in [0, 0.1) is 0 Å². The molecule has 2 N–H and O–H groups in total. The second-order valence-corrected chi connectivity index (χ2v) is 4.58. The maximum Gasteiger partial charge on any atom is 0.189 e. The van der Waals surface area contributed by atoms with Crippen LogP contribution >= 0.6 is 11.8 Å². The summed E-state index contributed by atoms with van der Waals surface area (Å²) in [6.07, 6.45) is 3.34. The molecule has 0 spiro atoms. The summed E-state index contributed by atoms with van der Waals surface area (Å²) in [6, 6.07) is 4.02. The van der Waals surface area contributed by atoms with Crippen molar-refractivity contribution in [3.05, 3.63) is 30.2 Å². The first-order valence-electron chi connectivity index (χ1n) is 5.56. The van der Waals surface area contributed by atoms with Gasteiger partial charge in [-0.05, 0) is 23.4 Å². The van der Waals surface area contributed by atoms with Gasteiger partial charge in [0.2, 0.25) is 0 Å². The van der Waals surface area contributed by atoms with Gasteiger partial charge in [0.25, 0.3) is 0 Å². The number of aromatic amines is 1. The fourth-order valence-electron chi connectivity index (χ4n) is 1.33. The fourth-order valence-corrected chi connectivity index (χ4v) is 1.96. The van der Waals surface area contributed by atoms with Crippen LogP contribution in [-0.4, -0.2) is 40.4 Å². The van der Waals surface area contributed by atoms with E-state index in [4.69, 9.17) is 4.74 Å². The zero-order valence-electron chi connectivity index (χ0n) is 10.1. The Morgan fingerprint density at radius 2 is 2.33 bits per heavy atom. The topological polar surface area (TPSA) is 75.7 Å². The van der Waals surface area contributed by atoms with Crippen molar-refractivity contribution in [3.8, 4) is 0 Å². The molecule has 0 amide bonds. The van der Waals surface area contributed by atoms with Gasteiger partial charge in [-0.15, -0.1) is 0 Å². The minimum Gasteiger partial charge on any atom is -0.383 e. The van der Waals surface area contributed by atoms with Crippen LogP contribution in [0.25, 0.3) is 0 Å². The monoisotopic (exact) mass is 265 g/mol. The molecule has 0 fully saturated rings. The predicted octanol–water partition coefficient (Wildman–Crippen LogP) is 1.09. The molecule has 96 valence electrons. The number of hydrogen-bond acceptors (Lipinski definition) is 6. The first kappa shape index (κ1) is 13.0. The Morgan fingerprint density at radius 1 is 1.39 bits per heavy atom.